The van der Waals surface area contributed by atoms with Gasteiger partial charge in [-0.2, -0.15) is 9.81 Å². The zero-order chi connectivity index (χ0) is 16.9. The van der Waals surface area contributed by atoms with Crippen LogP contribution in [-0.4, -0.2) is 32.1 Å². The molecule has 1 aliphatic rings. The Morgan fingerprint density at radius 1 is 0.708 bits per heavy atom. The standard InChI is InChI=1S/C17H14N2O5/c20-17-15-9-11(23-7-5-18-21)1-3-13(15)14-4-2-12(10-16(14)17)24-8-6-19-22/h1-4,9-10H,5-8H2. The summed E-state index contributed by atoms with van der Waals surface area (Å²) in [7, 11) is 0. The van der Waals surface area contributed by atoms with Crippen LogP contribution in [-0.2, 0) is 0 Å². The van der Waals surface area contributed by atoms with Crippen molar-refractivity contribution in [3.8, 4) is 22.6 Å². The summed E-state index contributed by atoms with van der Waals surface area (Å²) in [5, 5.41) is 5.46. The van der Waals surface area contributed by atoms with E-state index in [4.69, 9.17) is 9.47 Å². The first-order chi connectivity index (χ1) is 11.7. The smallest absolute Gasteiger partial charge is 0.194 e. The predicted molar refractivity (Wildman–Crippen MR) is 87.6 cm³/mol. The molecule has 2 aromatic carbocycles. The summed E-state index contributed by atoms with van der Waals surface area (Å²) in [5.41, 5.74) is 2.76. The van der Waals surface area contributed by atoms with Crippen LogP contribution in [0.15, 0.2) is 46.8 Å². The van der Waals surface area contributed by atoms with Crippen molar-refractivity contribution in [1.82, 2.24) is 0 Å². The summed E-state index contributed by atoms with van der Waals surface area (Å²) in [5.74, 6) is 0.928. The molecule has 0 saturated carbocycles. The first-order valence-corrected chi connectivity index (χ1v) is 7.41. The summed E-state index contributed by atoms with van der Waals surface area (Å²) >= 11 is 0. The topological polar surface area (TPSA) is 94.4 Å². The van der Waals surface area contributed by atoms with Gasteiger partial charge in [0.05, 0.1) is 0 Å². The summed E-state index contributed by atoms with van der Waals surface area (Å²) in [6, 6.07) is 10.5. The molecule has 7 nitrogen and oxygen atoms in total. The van der Waals surface area contributed by atoms with Crippen molar-refractivity contribution in [3.63, 3.8) is 0 Å². The number of rotatable bonds is 8. The highest BCUT2D eigenvalue weighted by molar-refractivity contribution is 6.22. The van der Waals surface area contributed by atoms with Crippen LogP contribution in [0.3, 0.4) is 0 Å². The second-order valence-electron chi connectivity index (χ2n) is 5.15. The normalized spacial score (nSPS) is 11.6. The Hall–Kier alpha value is -3.09. The lowest BCUT2D eigenvalue weighted by Gasteiger charge is -2.06. The fraction of sp³-hybridized carbons (Fsp3) is 0.235. The van der Waals surface area contributed by atoms with Gasteiger partial charge in [-0.25, -0.2) is 0 Å². The third-order valence-electron chi connectivity index (χ3n) is 3.66. The third-order valence-corrected chi connectivity index (χ3v) is 3.66. The number of benzene rings is 2. The number of nitroso groups, excluding NO2 is 2. The van der Waals surface area contributed by atoms with Gasteiger partial charge in [-0.05, 0) is 47.5 Å². The molecule has 0 aliphatic heterocycles. The average Bonchev–Trinajstić information content (AvgIpc) is 2.88. The first kappa shape index (κ1) is 15.8. The van der Waals surface area contributed by atoms with Crippen molar-refractivity contribution >= 4 is 5.78 Å². The Labute approximate surface area is 137 Å². The molecule has 0 radical (unpaired) electrons. The molecule has 0 bridgehead atoms. The Kier molecular flexibility index (Phi) is 4.60. The quantitative estimate of drug-likeness (QED) is 0.468. The zero-order valence-electron chi connectivity index (χ0n) is 12.7. The van der Waals surface area contributed by atoms with Crippen molar-refractivity contribution < 1.29 is 14.3 Å². The summed E-state index contributed by atoms with van der Waals surface area (Å²) in [6.45, 7) is 0.460. The second kappa shape index (κ2) is 6.99. The molecule has 1 aliphatic carbocycles. The van der Waals surface area contributed by atoms with Gasteiger partial charge in [0.2, 0.25) is 0 Å². The number of hydrogen-bond donors (Lipinski definition) is 0. The molecule has 0 amide bonds. The van der Waals surface area contributed by atoms with E-state index in [1.165, 1.54) is 0 Å². The van der Waals surface area contributed by atoms with Crippen LogP contribution in [0.2, 0.25) is 0 Å². The lowest BCUT2D eigenvalue weighted by atomic mass is 10.1. The van der Waals surface area contributed by atoms with E-state index in [2.05, 4.69) is 10.4 Å². The molecule has 0 atom stereocenters. The molecule has 0 unspecified atom stereocenters. The molecule has 3 rings (SSSR count). The van der Waals surface area contributed by atoms with E-state index >= 15 is 0 Å². The number of carbonyl (C=O) groups excluding carboxylic acids is 1. The number of carbonyl (C=O) groups is 1. The van der Waals surface area contributed by atoms with Crippen molar-refractivity contribution in [2.45, 2.75) is 0 Å². The van der Waals surface area contributed by atoms with Crippen molar-refractivity contribution in [2.75, 3.05) is 26.3 Å². The highest BCUT2D eigenvalue weighted by atomic mass is 16.5. The Morgan fingerprint density at radius 2 is 1.17 bits per heavy atom. The van der Waals surface area contributed by atoms with Crippen LogP contribution in [0.5, 0.6) is 11.5 Å². The lowest BCUT2D eigenvalue weighted by Crippen LogP contribution is -2.02. The monoisotopic (exact) mass is 326 g/mol. The average molecular weight is 326 g/mol. The van der Waals surface area contributed by atoms with Gasteiger partial charge in [-0.1, -0.05) is 10.4 Å². The molecule has 0 N–H and O–H groups in total. The molecule has 0 aromatic heterocycles. The van der Waals surface area contributed by atoms with E-state index < -0.39 is 0 Å². The van der Waals surface area contributed by atoms with Crippen LogP contribution in [0.1, 0.15) is 15.9 Å². The van der Waals surface area contributed by atoms with Gasteiger partial charge in [0, 0.05) is 11.1 Å². The predicted octanol–water partition coefficient (Wildman–Crippen LogP) is 3.19. The molecule has 0 saturated heterocycles. The van der Waals surface area contributed by atoms with Gasteiger partial charge in [-0.15, -0.1) is 0 Å². The number of ether oxygens (including phenoxy) is 2. The van der Waals surface area contributed by atoms with E-state index in [1.807, 2.05) is 12.1 Å². The Bertz CT molecular complexity index is 738. The summed E-state index contributed by atoms with van der Waals surface area (Å²) in [4.78, 5) is 32.8. The highest BCUT2D eigenvalue weighted by Crippen LogP contribution is 2.39. The molecular weight excluding hydrogens is 312 g/mol. The van der Waals surface area contributed by atoms with E-state index in [1.54, 1.807) is 24.3 Å². The van der Waals surface area contributed by atoms with Crippen LogP contribution in [0, 0.1) is 9.81 Å². The van der Waals surface area contributed by atoms with Crippen molar-refractivity contribution in [3.05, 3.63) is 57.3 Å². The summed E-state index contributed by atoms with van der Waals surface area (Å²) < 4.78 is 10.8. The van der Waals surface area contributed by atoms with Gasteiger partial charge in [0.25, 0.3) is 0 Å². The van der Waals surface area contributed by atoms with Gasteiger partial charge < -0.3 is 9.47 Å². The molecule has 0 spiro atoms. The molecule has 7 heteroatoms. The second-order valence-corrected chi connectivity index (χ2v) is 5.15. The molecule has 2 aromatic rings. The van der Waals surface area contributed by atoms with Gasteiger partial charge >= 0.3 is 0 Å². The van der Waals surface area contributed by atoms with Gasteiger partial charge in [0.1, 0.15) is 37.8 Å². The maximum Gasteiger partial charge on any atom is 0.194 e. The highest BCUT2D eigenvalue weighted by Gasteiger charge is 2.27. The van der Waals surface area contributed by atoms with E-state index in [0.717, 1.165) is 11.1 Å². The van der Waals surface area contributed by atoms with E-state index in [9.17, 15) is 14.6 Å². The van der Waals surface area contributed by atoms with Crippen LogP contribution < -0.4 is 9.47 Å². The molecule has 0 fully saturated rings. The maximum atomic E-state index is 12.6. The number of ketones is 1. The summed E-state index contributed by atoms with van der Waals surface area (Å²) in [6.07, 6.45) is 0. The molecule has 122 valence electrons. The SMILES string of the molecule is O=NCCOc1ccc2c(c1)C(=O)c1cc(OCCN=O)ccc1-2. The molecule has 24 heavy (non-hydrogen) atoms. The molecule has 0 heterocycles. The number of fused-ring (bicyclic) bond motifs is 3. The van der Waals surface area contributed by atoms with Crippen LogP contribution >= 0.6 is 0 Å². The fourth-order valence-electron chi connectivity index (χ4n) is 2.62. The maximum absolute atomic E-state index is 12.6. The van der Waals surface area contributed by atoms with Gasteiger partial charge in [0.15, 0.2) is 5.78 Å². The number of hydrogen-bond acceptors (Lipinski definition) is 7. The van der Waals surface area contributed by atoms with Crippen molar-refractivity contribution in [2.24, 2.45) is 10.4 Å². The van der Waals surface area contributed by atoms with E-state index in [-0.39, 0.29) is 32.1 Å². The number of nitrogens with zero attached hydrogens (tertiary/aromatic N) is 2. The van der Waals surface area contributed by atoms with Crippen LogP contribution in [0.25, 0.3) is 11.1 Å². The third kappa shape index (κ3) is 3.01. The fourth-order valence-corrected chi connectivity index (χ4v) is 2.62. The lowest BCUT2D eigenvalue weighted by molar-refractivity contribution is 0.104. The largest absolute Gasteiger partial charge is 0.492 e. The first-order valence-electron chi connectivity index (χ1n) is 7.41. The van der Waals surface area contributed by atoms with Crippen molar-refractivity contribution in [1.29, 1.82) is 0 Å². The zero-order valence-corrected chi connectivity index (χ0v) is 12.7. The van der Waals surface area contributed by atoms with Crippen LogP contribution in [0.4, 0.5) is 0 Å². The van der Waals surface area contributed by atoms with Gasteiger partial charge in [-0.3, -0.25) is 4.79 Å². The Balaban J connectivity index is 1.83. The molecular formula is C17H14N2O5. The van der Waals surface area contributed by atoms with E-state index in [0.29, 0.717) is 22.6 Å². The minimum absolute atomic E-state index is 0.0571. The minimum Gasteiger partial charge on any atom is -0.492 e. The Morgan fingerprint density at radius 3 is 1.58 bits per heavy atom. The minimum atomic E-state index is -0.113.